The number of rotatable bonds is 5. The number of esters is 2. The minimum atomic E-state index is -0.627. The van der Waals surface area contributed by atoms with Crippen molar-refractivity contribution in [2.45, 2.75) is 90.1 Å². The van der Waals surface area contributed by atoms with E-state index >= 15 is 0 Å². The van der Waals surface area contributed by atoms with Gasteiger partial charge in [0.15, 0.2) is 0 Å². The highest BCUT2D eigenvalue weighted by Gasteiger charge is 2.37. The zero-order valence-corrected chi connectivity index (χ0v) is 15.7. The van der Waals surface area contributed by atoms with Crippen molar-refractivity contribution in [2.75, 3.05) is 6.61 Å². The van der Waals surface area contributed by atoms with Crippen molar-refractivity contribution in [1.29, 1.82) is 0 Å². The number of ether oxygens (including phenoxy) is 3. The highest BCUT2D eigenvalue weighted by Crippen LogP contribution is 2.28. The molecular weight excluding hydrogens is 322 g/mol. The monoisotopic (exact) mass is 355 g/mol. The molecule has 144 valence electrons. The van der Waals surface area contributed by atoms with Crippen molar-refractivity contribution >= 4 is 11.9 Å². The fourth-order valence-electron chi connectivity index (χ4n) is 3.54. The topological polar surface area (TPSA) is 87.8 Å². The largest absolute Gasteiger partial charge is 0.459 e. The van der Waals surface area contributed by atoms with Gasteiger partial charge in [0.1, 0.15) is 24.4 Å². The molecule has 0 spiro atoms. The second-order valence-corrected chi connectivity index (χ2v) is 7.83. The van der Waals surface area contributed by atoms with Crippen LogP contribution in [-0.4, -0.2) is 42.9 Å². The first-order valence-electron chi connectivity index (χ1n) is 9.66. The van der Waals surface area contributed by atoms with Gasteiger partial charge in [-0.25, -0.2) is 0 Å². The fraction of sp³-hybridized carbons (Fsp3) is 0.895. The van der Waals surface area contributed by atoms with Crippen molar-refractivity contribution in [2.24, 2.45) is 17.6 Å². The third-order valence-corrected chi connectivity index (χ3v) is 5.02. The minimum Gasteiger partial charge on any atom is -0.459 e. The van der Waals surface area contributed by atoms with Crippen LogP contribution < -0.4 is 5.73 Å². The molecule has 2 fully saturated rings. The van der Waals surface area contributed by atoms with Gasteiger partial charge in [0, 0.05) is 6.61 Å². The van der Waals surface area contributed by atoms with Crippen LogP contribution in [0.15, 0.2) is 0 Å². The van der Waals surface area contributed by atoms with E-state index in [1.807, 2.05) is 0 Å². The lowest BCUT2D eigenvalue weighted by molar-refractivity contribution is -0.178. The predicted octanol–water partition coefficient (Wildman–Crippen LogP) is 2.57. The second-order valence-electron chi connectivity index (χ2n) is 7.83. The maximum Gasteiger partial charge on any atom is 0.323 e. The van der Waals surface area contributed by atoms with Gasteiger partial charge < -0.3 is 19.9 Å². The lowest BCUT2D eigenvalue weighted by Gasteiger charge is -2.31. The van der Waals surface area contributed by atoms with Gasteiger partial charge in [0.25, 0.3) is 0 Å². The minimum absolute atomic E-state index is 0.00140. The maximum atomic E-state index is 12.5. The number of hydrogen-bond donors (Lipinski definition) is 1. The molecule has 1 aliphatic heterocycles. The zero-order valence-electron chi connectivity index (χ0n) is 15.7. The van der Waals surface area contributed by atoms with Gasteiger partial charge in [-0.05, 0) is 44.9 Å². The van der Waals surface area contributed by atoms with E-state index in [2.05, 4.69) is 13.8 Å². The van der Waals surface area contributed by atoms with Gasteiger partial charge >= 0.3 is 11.9 Å². The average molecular weight is 355 g/mol. The molecule has 1 heterocycles. The lowest BCUT2D eigenvalue weighted by Crippen LogP contribution is -2.45. The Bertz CT molecular complexity index is 447. The van der Waals surface area contributed by atoms with Gasteiger partial charge in [0.2, 0.25) is 0 Å². The zero-order chi connectivity index (χ0) is 18.4. The Hall–Kier alpha value is -1.14. The molecule has 2 N–H and O–H groups in total. The van der Waals surface area contributed by atoms with Crippen LogP contribution in [0.25, 0.3) is 0 Å². The van der Waals surface area contributed by atoms with Crippen LogP contribution in [-0.2, 0) is 23.8 Å². The third kappa shape index (κ3) is 5.96. The molecule has 2 rings (SSSR count). The molecule has 1 saturated carbocycles. The molecule has 1 saturated heterocycles. The summed E-state index contributed by atoms with van der Waals surface area (Å²) in [6.07, 6.45) is 4.47. The molecule has 0 unspecified atom stereocenters. The van der Waals surface area contributed by atoms with E-state index in [-0.39, 0.29) is 11.9 Å². The van der Waals surface area contributed by atoms with Gasteiger partial charge in [-0.15, -0.1) is 0 Å². The van der Waals surface area contributed by atoms with Crippen molar-refractivity contribution in [3.05, 3.63) is 0 Å². The van der Waals surface area contributed by atoms with E-state index in [0.29, 0.717) is 31.8 Å². The lowest BCUT2D eigenvalue weighted by atomic mass is 10.0. The number of nitrogens with two attached hydrogens (primary N) is 1. The number of cyclic esters (lactones) is 1. The Labute approximate surface area is 150 Å². The Morgan fingerprint density at radius 1 is 1.20 bits per heavy atom. The van der Waals surface area contributed by atoms with E-state index < -0.39 is 30.3 Å². The predicted molar refractivity (Wildman–Crippen MR) is 93.8 cm³/mol. The second kappa shape index (κ2) is 9.53. The van der Waals surface area contributed by atoms with E-state index in [9.17, 15) is 9.59 Å². The van der Waals surface area contributed by atoms with Crippen LogP contribution in [0.2, 0.25) is 0 Å². The van der Waals surface area contributed by atoms with Crippen LogP contribution in [0.3, 0.4) is 0 Å². The van der Waals surface area contributed by atoms with E-state index in [1.54, 1.807) is 6.92 Å². The van der Waals surface area contributed by atoms with Crippen molar-refractivity contribution in [3.63, 3.8) is 0 Å². The number of hydrogen-bond acceptors (Lipinski definition) is 6. The molecular formula is C19H33NO5. The SMILES string of the molecule is CC(C)CO[C@H]1[C@H](C)OC(=O)[C@@H](N)CCC[C@@H]1OC(=O)C1CCCC1. The van der Waals surface area contributed by atoms with Crippen molar-refractivity contribution < 1.29 is 23.8 Å². The summed E-state index contributed by atoms with van der Waals surface area (Å²) in [5.41, 5.74) is 5.87. The highest BCUT2D eigenvalue weighted by molar-refractivity contribution is 5.75. The summed E-state index contributed by atoms with van der Waals surface area (Å²) in [7, 11) is 0. The highest BCUT2D eigenvalue weighted by atomic mass is 16.6. The summed E-state index contributed by atoms with van der Waals surface area (Å²) in [5.74, 6) is -0.210. The molecule has 2 aliphatic rings. The van der Waals surface area contributed by atoms with E-state index in [1.165, 1.54) is 0 Å². The fourth-order valence-corrected chi connectivity index (χ4v) is 3.54. The Morgan fingerprint density at radius 2 is 1.88 bits per heavy atom. The van der Waals surface area contributed by atoms with E-state index in [4.69, 9.17) is 19.9 Å². The van der Waals surface area contributed by atoms with Gasteiger partial charge in [0.05, 0.1) is 5.92 Å². The molecule has 0 amide bonds. The van der Waals surface area contributed by atoms with Gasteiger partial charge in [-0.1, -0.05) is 26.7 Å². The molecule has 0 aromatic carbocycles. The Morgan fingerprint density at radius 3 is 2.52 bits per heavy atom. The molecule has 0 radical (unpaired) electrons. The molecule has 6 heteroatoms. The van der Waals surface area contributed by atoms with Crippen LogP contribution in [0, 0.1) is 11.8 Å². The van der Waals surface area contributed by atoms with Gasteiger partial charge in [-0.2, -0.15) is 0 Å². The first kappa shape index (κ1) is 20.2. The molecule has 0 aromatic heterocycles. The molecule has 1 aliphatic carbocycles. The molecule has 6 nitrogen and oxygen atoms in total. The van der Waals surface area contributed by atoms with E-state index in [0.717, 1.165) is 25.7 Å². The Kier molecular flexibility index (Phi) is 7.69. The quantitative estimate of drug-likeness (QED) is 0.763. The summed E-state index contributed by atoms with van der Waals surface area (Å²) in [5, 5.41) is 0. The van der Waals surface area contributed by atoms with Crippen molar-refractivity contribution in [1.82, 2.24) is 0 Å². The summed E-state index contributed by atoms with van der Waals surface area (Å²) in [6, 6.07) is -0.627. The molecule has 4 atom stereocenters. The van der Waals surface area contributed by atoms with Gasteiger partial charge in [-0.3, -0.25) is 9.59 Å². The number of carbonyl (C=O) groups excluding carboxylic acids is 2. The maximum absolute atomic E-state index is 12.5. The number of carbonyl (C=O) groups is 2. The smallest absolute Gasteiger partial charge is 0.323 e. The molecule has 25 heavy (non-hydrogen) atoms. The molecule has 0 aromatic rings. The first-order valence-corrected chi connectivity index (χ1v) is 9.66. The normalized spacial score (nSPS) is 32.0. The van der Waals surface area contributed by atoms with Crippen LogP contribution in [0.4, 0.5) is 0 Å². The average Bonchev–Trinajstić information content (AvgIpc) is 3.08. The molecule has 0 bridgehead atoms. The van der Waals surface area contributed by atoms with Crippen LogP contribution >= 0.6 is 0 Å². The third-order valence-electron chi connectivity index (χ3n) is 5.02. The van der Waals surface area contributed by atoms with Crippen LogP contribution in [0.5, 0.6) is 0 Å². The summed E-state index contributed by atoms with van der Waals surface area (Å²) in [6.45, 7) is 6.43. The Balaban J connectivity index is 2.10. The summed E-state index contributed by atoms with van der Waals surface area (Å²) < 4.78 is 17.4. The summed E-state index contributed by atoms with van der Waals surface area (Å²) in [4.78, 5) is 24.5. The standard InChI is InChI=1S/C19H33NO5/c1-12(2)11-23-17-13(3)24-19(22)15(20)9-6-10-16(17)25-18(21)14-7-4-5-8-14/h12-17H,4-11,20H2,1-3H3/t13-,15-,16-,17-/m0/s1. The van der Waals surface area contributed by atoms with Crippen LogP contribution in [0.1, 0.15) is 65.7 Å². The first-order chi connectivity index (χ1) is 11.9. The van der Waals surface area contributed by atoms with Crippen molar-refractivity contribution in [3.8, 4) is 0 Å². The summed E-state index contributed by atoms with van der Waals surface area (Å²) >= 11 is 0.